The van der Waals surface area contributed by atoms with Gasteiger partial charge in [0.1, 0.15) is 0 Å². The van der Waals surface area contributed by atoms with Crippen LogP contribution in [-0.4, -0.2) is 35.7 Å². The summed E-state index contributed by atoms with van der Waals surface area (Å²) in [5, 5.41) is 0. The van der Waals surface area contributed by atoms with Gasteiger partial charge in [0.25, 0.3) is 0 Å². The molecule has 1 unspecified atom stereocenters. The van der Waals surface area contributed by atoms with E-state index in [0.29, 0.717) is 6.54 Å². The van der Waals surface area contributed by atoms with E-state index in [-0.39, 0.29) is 23.8 Å². The Hall–Kier alpha value is -1.82. The summed E-state index contributed by atoms with van der Waals surface area (Å²) in [6, 6.07) is 2.36. The molecule has 21 heavy (non-hydrogen) atoms. The van der Waals surface area contributed by atoms with Crippen molar-refractivity contribution in [1.29, 1.82) is 0 Å². The first kappa shape index (κ1) is 17.2. The Labute approximate surface area is 122 Å². The Morgan fingerprint density at radius 1 is 1.19 bits per heavy atom. The van der Waals surface area contributed by atoms with Crippen LogP contribution in [0.3, 0.4) is 0 Å². The van der Waals surface area contributed by atoms with E-state index >= 15 is 0 Å². The summed E-state index contributed by atoms with van der Waals surface area (Å²) >= 11 is 0. The molecule has 0 aromatic heterocycles. The summed E-state index contributed by atoms with van der Waals surface area (Å²) in [6.45, 7) is 5.95. The second-order valence-electron chi connectivity index (χ2n) is 5.46. The highest BCUT2D eigenvalue weighted by Gasteiger charge is 2.25. The van der Waals surface area contributed by atoms with Gasteiger partial charge in [-0.15, -0.1) is 0 Å². The molecule has 0 heterocycles. The van der Waals surface area contributed by atoms with Crippen LogP contribution in [0.25, 0.3) is 0 Å². The molecule has 6 heteroatoms. The lowest BCUT2D eigenvalue weighted by molar-refractivity contribution is -0.119. The molecule has 1 aromatic rings. The monoisotopic (exact) mass is 298 g/mol. The van der Waals surface area contributed by atoms with Gasteiger partial charge in [-0.3, -0.25) is 14.5 Å². The molecule has 1 atom stereocenters. The van der Waals surface area contributed by atoms with Crippen molar-refractivity contribution in [2.75, 3.05) is 13.1 Å². The van der Waals surface area contributed by atoms with Crippen molar-refractivity contribution in [3.8, 4) is 0 Å². The van der Waals surface area contributed by atoms with Gasteiger partial charge in [0.2, 0.25) is 5.91 Å². The number of hydrogen-bond acceptors (Lipinski definition) is 3. The first-order chi connectivity index (χ1) is 9.72. The fourth-order valence-corrected chi connectivity index (χ4v) is 2.09. The van der Waals surface area contributed by atoms with Crippen LogP contribution in [0.1, 0.15) is 31.1 Å². The molecule has 0 saturated carbocycles. The molecule has 1 aromatic carbocycles. The van der Waals surface area contributed by atoms with E-state index in [1.807, 2.05) is 13.8 Å². The van der Waals surface area contributed by atoms with Gasteiger partial charge in [0, 0.05) is 12.1 Å². The molecule has 1 rings (SSSR count). The SMILES string of the molecule is CC(C)CN(CC(N)=O)C(C)C(=O)c1ccc(F)c(F)c1. The number of carbonyl (C=O) groups is 2. The summed E-state index contributed by atoms with van der Waals surface area (Å²) in [5.74, 6) is -2.77. The summed E-state index contributed by atoms with van der Waals surface area (Å²) in [4.78, 5) is 25.1. The summed E-state index contributed by atoms with van der Waals surface area (Å²) in [7, 11) is 0. The summed E-state index contributed by atoms with van der Waals surface area (Å²) < 4.78 is 26.1. The minimum absolute atomic E-state index is 0.0608. The quantitative estimate of drug-likeness (QED) is 0.783. The number of primary amides is 1. The van der Waals surface area contributed by atoms with Crippen molar-refractivity contribution >= 4 is 11.7 Å². The maximum absolute atomic E-state index is 13.2. The number of nitrogens with two attached hydrogens (primary N) is 1. The molecular formula is C15H20F2N2O2. The number of halogens is 2. The number of amides is 1. The predicted octanol–water partition coefficient (Wildman–Crippen LogP) is 1.98. The Bertz CT molecular complexity index is 532. The largest absolute Gasteiger partial charge is 0.369 e. The van der Waals surface area contributed by atoms with Crippen LogP contribution in [0, 0.1) is 17.6 Å². The van der Waals surface area contributed by atoms with Crippen LogP contribution in [0.4, 0.5) is 8.78 Å². The second kappa shape index (κ2) is 7.26. The maximum Gasteiger partial charge on any atom is 0.231 e. The molecule has 0 bridgehead atoms. The van der Waals surface area contributed by atoms with Crippen molar-refractivity contribution in [3.63, 3.8) is 0 Å². The number of ketones is 1. The molecule has 0 aliphatic heterocycles. The minimum atomic E-state index is -1.07. The van der Waals surface area contributed by atoms with E-state index in [0.717, 1.165) is 12.1 Å². The maximum atomic E-state index is 13.2. The highest BCUT2D eigenvalue weighted by atomic mass is 19.2. The van der Waals surface area contributed by atoms with Crippen LogP contribution >= 0.6 is 0 Å². The molecule has 1 amide bonds. The first-order valence-electron chi connectivity index (χ1n) is 6.74. The standard InChI is InChI=1S/C15H20F2N2O2/c1-9(2)7-19(8-14(18)20)10(3)15(21)11-4-5-12(16)13(17)6-11/h4-6,9-10H,7-8H2,1-3H3,(H2,18,20). The highest BCUT2D eigenvalue weighted by molar-refractivity contribution is 6.00. The topological polar surface area (TPSA) is 63.4 Å². The second-order valence-corrected chi connectivity index (χ2v) is 5.46. The number of hydrogen-bond donors (Lipinski definition) is 1. The number of Topliss-reactive ketones (excluding diaryl/α,β-unsaturated/α-hetero) is 1. The van der Waals surface area contributed by atoms with E-state index in [9.17, 15) is 18.4 Å². The molecule has 4 nitrogen and oxygen atoms in total. The number of nitrogens with zero attached hydrogens (tertiary/aromatic N) is 1. The van der Waals surface area contributed by atoms with Gasteiger partial charge in [0.15, 0.2) is 17.4 Å². The summed E-state index contributed by atoms with van der Waals surface area (Å²) in [6.07, 6.45) is 0. The third kappa shape index (κ3) is 4.90. The van der Waals surface area contributed by atoms with E-state index in [1.165, 1.54) is 6.07 Å². The Morgan fingerprint density at radius 3 is 2.29 bits per heavy atom. The average Bonchev–Trinajstić information content (AvgIpc) is 2.38. The van der Waals surface area contributed by atoms with Crippen LogP contribution < -0.4 is 5.73 Å². The lowest BCUT2D eigenvalue weighted by Gasteiger charge is -2.28. The zero-order valence-electron chi connectivity index (χ0n) is 12.4. The zero-order chi connectivity index (χ0) is 16.2. The summed E-state index contributed by atoms with van der Waals surface area (Å²) in [5.41, 5.74) is 5.26. The Kier molecular flexibility index (Phi) is 5.96. The lowest BCUT2D eigenvalue weighted by Crippen LogP contribution is -2.45. The first-order valence-corrected chi connectivity index (χ1v) is 6.74. The molecule has 116 valence electrons. The van der Waals surface area contributed by atoms with Crippen molar-refractivity contribution in [3.05, 3.63) is 35.4 Å². The molecule has 0 aliphatic rings. The Morgan fingerprint density at radius 2 is 1.81 bits per heavy atom. The van der Waals surface area contributed by atoms with Gasteiger partial charge in [0.05, 0.1) is 12.6 Å². The molecule has 0 aliphatic carbocycles. The van der Waals surface area contributed by atoms with E-state index < -0.39 is 23.6 Å². The van der Waals surface area contributed by atoms with Crippen LogP contribution in [0.2, 0.25) is 0 Å². The van der Waals surface area contributed by atoms with Gasteiger partial charge in [-0.25, -0.2) is 8.78 Å². The lowest BCUT2D eigenvalue weighted by atomic mass is 10.0. The molecule has 0 saturated heterocycles. The van der Waals surface area contributed by atoms with Crippen LogP contribution in [0.5, 0.6) is 0 Å². The fraction of sp³-hybridized carbons (Fsp3) is 0.467. The van der Waals surface area contributed by atoms with E-state index in [4.69, 9.17) is 5.73 Å². The van der Waals surface area contributed by atoms with Crippen molar-refractivity contribution < 1.29 is 18.4 Å². The third-order valence-corrected chi connectivity index (χ3v) is 3.09. The molecular weight excluding hydrogens is 278 g/mol. The zero-order valence-corrected chi connectivity index (χ0v) is 12.4. The highest BCUT2D eigenvalue weighted by Crippen LogP contribution is 2.14. The van der Waals surface area contributed by atoms with Gasteiger partial charge in [-0.2, -0.15) is 0 Å². The van der Waals surface area contributed by atoms with E-state index in [2.05, 4.69) is 0 Å². The van der Waals surface area contributed by atoms with Crippen molar-refractivity contribution in [1.82, 2.24) is 4.90 Å². The molecule has 0 fully saturated rings. The average molecular weight is 298 g/mol. The predicted molar refractivity (Wildman–Crippen MR) is 75.8 cm³/mol. The third-order valence-electron chi connectivity index (χ3n) is 3.09. The van der Waals surface area contributed by atoms with Gasteiger partial charge < -0.3 is 5.73 Å². The van der Waals surface area contributed by atoms with Crippen molar-refractivity contribution in [2.24, 2.45) is 11.7 Å². The molecule has 2 N–H and O–H groups in total. The van der Waals surface area contributed by atoms with Crippen LogP contribution in [0.15, 0.2) is 18.2 Å². The fourth-order valence-electron chi connectivity index (χ4n) is 2.09. The van der Waals surface area contributed by atoms with Gasteiger partial charge >= 0.3 is 0 Å². The van der Waals surface area contributed by atoms with E-state index in [1.54, 1.807) is 11.8 Å². The number of carbonyl (C=O) groups excluding carboxylic acids is 2. The molecule has 0 spiro atoms. The van der Waals surface area contributed by atoms with Gasteiger partial charge in [-0.1, -0.05) is 13.8 Å². The van der Waals surface area contributed by atoms with Gasteiger partial charge in [-0.05, 0) is 31.0 Å². The normalized spacial score (nSPS) is 12.7. The smallest absolute Gasteiger partial charge is 0.231 e. The van der Waals surface area contributed by atoms with Crippen molar-refractivity contribution in [2.45, 2.75) is 26.8 Å². The Balaban J connectivity index is 2.95. The number of benzene rings is 1. The molecule has 0 radical (unpaired) electrons. The number of rotatable bonds is 7. The minimum Gasteiger partial charge on any atom is -0.369 e. The van der Waals surface area contributed by atoms with Crippen LogP contribution in [-0.2, 0) is 4.79 Å².